The fourth-order valence-corrected chi connectivity index (χ4v) is 7.43. The molecule has 1 aliphatic carbocycles. The third-order valence-electron chi connectivity index (χ3n) is 10.3. The quantitative estimate of drug-likeness (QED) is 0.0102. The lowest BCUT2D eigenvalue weighted by Gasteiger charge is -2.41. The summed E-state index contributed by atoms with van der Waals surface area (Å²) >= 11 is 0. The number of phosphoric acid groups is 1. The van der Waals surface area contributed by atoms with Crippen LogP contribution in [0, 0.1) is 0 Å². The summed E-state index contributed by atoms with van der Waals surface area (Å²) in [5.74, 6) is -1.23. The van der Waals surface area contributed by atoms with Crippen molar-refractivity contribution in [3.05, 3.63) is 85.1 Å². The average Bonchev–Trinajstić information content (AvgIpc) is 3.27. The fraction of sp³-hybridized carbons (Fsp3) is 0.673. The molecule has 7 N–H and O–H groups in total. The van der Waals surface area contributed by atoms with Crippen LogP contribution in [0.15, 0.2) is 85.1 Å². The van der Waals surface area contributed by atoms with Gasteiger partial charge in [0.05, 0.1) is 12.7 Å². The Morgan fingerprint density at radius 1 is 0.562 bits per heavy atom. The zero-order valence-electron chi connectivity index (χ0n) is 38.4. The van der Waals surface area contributed by atoms with E-state index in [2.05, 4.69) is 50.3 Å². The molecule has 0 saturated heterocycles. The Bertz CT molecular complexity index is 1460. The monoisotopic (exact) mass is 925 g/mol. The number of ether oxygens (including phenoxy) is 2. The van der Waals surface area contributed by atoms with Gasteiger partial charge in [-0.3, -0.25) is 18.6 Å². The second-order valence-electron chi connectivity index (χ2n) is 16.1. The van der Waals surface area contributed by atoms with Crippen molar-refractivity contribution < 1.29 is 68.2 Å². The molecule has 1 fully saturated rings. The number of aliphatic hydroxyl groups is 6. The molecule has 3 unspecified atom stereocenters. The summed E-state index contributed by atoms with van der Waals surface area (Å²) in [5.41, 5.74) is 0. The van der Waals surface area contributed by atoms with Gasteiger partial charge in [0.2, 0.25) is 0 Å². The van der Waals surface area contributed by atoms with Gasteiger partial charge in [-0.2, -0.15) is 0 Å². The SMILES string of the molecule is CCCCC/C=C\C/C=C\C/C=C\CCCCCCC(=O)OC[C@H](COP(=O)(O)OC1[C@H](O)[C@H](O)C(O)[C@H](O)[C@H]1O)OC(=O)CCC/C=C\C/C=C\C/C=C\C=C\[C@@H](O)CCCCC. The molecule has 14 nitrogen and oxygen atoms in total. The molecule has 1 rings (SSSR count). The van der Waals surface area contributed by atoms with Gasteiger partial charge >= 0.3 is 19.8 Å². The number of hydrogen-bond donors (Lipinski definition) is 7. The highest BCUT2D eigenvalue weighted by Crippen LogP contribution is 2.47. The third-order valence-corrected chi connectivity index (χ3v) is 11.3. The Labute approximate surface area is 382 Å². The van der Waals surface area contributed by atoms with Crippen molar-refractivity contribution in [3.63, 3.8) is 0 Å². The van der Waals surface area contributed by atoms with Gasteiger partial charge in [0.15, 0.2) is 6.10 Å². The summed E-state index contributed by atoms with van der Waals surface area (Å²) in [5, 5.41) is 60.1. The van der Waals surface area contributed by atoms with Gasteiger partial charge in [-0.15, -0.1) is 0 Å². The van der Waals surface area contributed by atoms with Crippen LogP contribution in [0.4, 0.5) is 0 Å². The van der Waals surface area contributed by atoms with Crippen LogP contribution in [-0.4, -0.2) is 110 Å². The van der Waals surface area contributed by atoms with Crippen molar-refractivity contribution in [2.24, 2.45) is 0 Å². The maximum atomic E-state index is 12.8. The molecule has 0 aromatic heterocycles. The molecule has 0 heterocycles. The molecule has 0 aromatic rings. The molecule has 64 heavy (non-hydrogen) atoms. The van der Waals surface area contributed by atoms with E-state index in [1.54, 1.807) is 6.08 Å². The Morgan fingerprint density at radius 3 is 1.64 bits per heavy atom. The van der Waals surface area contributed by atoms with E-state index < -0.39 is 81.8 Å². The lowest BCUT2D eigenvalue weighted by Crippen LogP contribution is -2.64. The molecule has 0 bridgehead atoms. The second kappa shape index (κ2) is 38.1. The zero-order valence-corrected chi connectivity index (χ0v) is 39.3. The summed E-state index contributed by atoms with van der Waals surface area (Å²) in [6.45, 7) is 3.07. The van der Waals surface area contributed by atoms with E-state index in [-0.39, 0.29) is 12.8 Å². The first-order valence-electron chi connectivity index (χ1n) is 23.5. The molecule has 15 heteroatoms. The molecule has 1 saturated carbocycles. The predicted molar refractivity (Wildman–Crippen MR) is 250 cm³/mol. The van der Waals surface area contributed by atoms with Gasteiger partial charge in [0, 0.05) is 12.8 Å². The number of carbonyl (C=O) groups excluding carboxylic acids is 2. The summed E-state index contributed by atoms with van der Waals surface area (Å²) in [7, 11) is -5.16. The molecular formula is C49H81O14P. The third kappa shape index (κ3) is 30.2. The highest BCUT2D eigenvalue weighted by atomic mass is 31.2. The summed E-state index contributed by atoms with van der Waals surface area (Å²) in [6.07, 6.45) is 32.4. The molecule has 0 radical (unpaired) electrons. The second-order valence-corrected chi connectivity index (χ2v) is 17.5. The first kappa shape index (κ1) is 59.0. The van der Waals surface area contributed by atoms with Crippen LogP contribution >= 0.6 is 7.82 Å². The predicted octanol–water partition coefficient (Wildman–Crippen LogP) is 8.25. The standard InChI is InChI=1S/C49H81O14P/c1-3-5-7-8-9-10-11-12-13-14-15-16-19-22-25-28-32-36-42(51)60-38-41(39-61-64(58,59)63-49-47(56)45(54)44(53)46(55)48(49)57)62-43(52)37-33-29-26-23-20-17-18-21-24-27-31-35-40(50)34-30-6-4-2/h9-10,12-13,15-18,23-24,26-27,31,35,40-41,44-50,53-57H,3-8,11,14,19-22,25,28-30,32-34,36-39H2,1-2H3,(H,58,59)/b10-9-,13-12-,16-15-,18-17-,26-23-,27-24-,35-31+/t40-,41+,44?,45-,46+,47+,48+,49?/m0/s1. The summed E-state index contributed by atoms with van der Waals surface area (Å²) < 4.78 is 33.4. The van der Waals surface area contributed by atoms with Crippen LogP contribution in [0.5, 0.6) is 0 Å². The van der Waals surface area contributed by atoms with Crippen LogP contribution in [0.25, 0.3) is 0 Å². The fourth-order valence-electron chi connectivity index (χ4n) is 6.45. The van der Waals surface area contributed by atoms with E-state index >= 15 is 0 Å². The lowest BCUT2D eigenvalue weighted by molar-refractivity contribution is -0.220. The van der Waals surface area contributed by atoms with Crippen molar-refractivity contribution in [1.82, 2.24) is 0 Å². The van der Waals surface area contributed by atoms with Gasteiger partial charge in [-0.1, -0.05) is 144 Å². The van der Waals surface area contributed by atoms with Gasteiger partial charge in [0.25, 0.3) is 0 Å². The highest BCUT2D eigenvalue weighted by Gasteiger charge is 2.51. The van der Waals surface area contributed by atoms with Gasteiger partial charge in [-0.05, 0) is 77.0 Å². The minimum absolute atomic E-state index is 0.00910. The normalized spacial score (nSPS) is 22.8. The number of unbranched alkanes of at least 4 members (excludes halogenated alkanes) is 10. The van der Waals surface area contributed by atoms with Crippen LogP contribution in [-0.2, 0) is 32.7 Å². The minimum atomic E-state index is -5.16. The average molecular weight is 925 g/mol. The number of esters is 2. The zero-order chi connectivity index (χ0) is 47.3. The van der Waals surface area contributed by atoms with Crippen molar-refractivity contribution in [3.8, 4) is 0 Å². The number of allylic oxidation sites excluding steroid dienone is 13. The molecule has 1 aliphatic rings. The molecular weight excluding hydrogens is 843 g/mol. The molecule has 9 atom stereocenters. The van der Waals surface area contributed by atoms with Crippen molar-refractivity contribution >= 4 is 19.8 Å². The van der Waals surface area contributed by atoms with E-state index in [1.807, 2.05) is 42.5 Å². The smallest absolute Gasteiger partial charge is 0.462 e. The largest absolute Gasteiger partial charge is 0.472 e. The van der Waals surface area contributed by atoms with Crippen molar-refractivity contribution in [2.75, 3.05) is 13.2 Å². The Morgan fingerprint density at radius 2 is 1.05 bits per heavy atom. The maximum absolute atomic E-state index is 12.8. The molecule has 0 aliphatic heterocycles. The van der Waals surface area contributed by atoms with Gasteiger partial charge in [-0.25, -0.2) is 4.57 Å². The van der Waals surface area contributed by atoms with E-state index in [4.69, 9.17) is 18.5 Å². The molecule has 0 spiro atoms. The number of carbonyl (C=O) groups is 2. The Hall–Kier alpha value is -3.01. The van der Waals surface area contributed by atoms with Crippen molar-refractivity contribution in [1.29, 1.82) is 0 Å². The molecule has 0 aromatic carbocycles. The van der Waals surface area contributed by atoms with E-state index in [0.717, 1.165) is 77.0 Å². The maximum Gasteiger partial charge on any atom is 0.472 e. The van der Waals surface area contributed by atoms with Gasteiger partial charge < -0.3 is 45.0 Å². The number of rotatable bonds is 37. The van der Waals surface area contributed by atoms with Gasteiger partial charge in [0.1, 0.15) is 43.2 Å². The van der Waals surface area contributed by atoms with Crippen LogP contribution in [0.2, 0.25) is 0 Å². The van der Waals surface area contributed by atoms with Crippen LogP contribution in [0.1, 0.15) is 149 Å². The Kier molecular flexibility index (Phi) is 35.2. The summed E-state index contributed by atoms with van der Waals surface area (Å²) in [6, 6.07) is 0. The number of hydrogen-bond acceptors (Lipinski definition) is 13. The first-order valence-corrected chi connectivity index (χ1v) is 25.0. The highest BCUT2D eigenvalue weighted by molar-refractivity contribution is 7.47. The number of phosphoric ester groups is 1. The first-order chi connectivity index (χ1) is 30.8. The van der Waals surface area contributed by atoms with Crippen LogP contribution < -0.4 is 0 Å². The lowest BCUT2D eigenvalue weighted by atomic mass is 9.85. The van der Waals surface area contributed by atoms with E-state index in [0.29, 0.717) is 25.7 Å². The van der Waals surface area contributed by atoms with Crippen LogP contribution in [0.3, 0.4) is 0 Å². The van der Waals surface area contributed by atoms with Crippen molar-refractivity contribution in [2.45, 2.75) is 198 Å². The molecule has 0 amide bonds. The molecule has 366 valence electrons. The minimum Gasteiger partial charge on any atom is -0.462 e. The van der Waals surface area contributed by atoms with E-state index in [1.165, 1.54) is 19.3 Å². The topological polar surface area (TPSA) is 230 Å². The summed E-state index contributed by atoms with van der Waals surface area (Å²) in [4.78, 5) is 35.7. The van der Waals surface area contributed by atoms with E-state index in [9.17, 15) is 49.7 Å². The Balaban J connectivity index is 2.54. The number of aliphatic hydroxyl groups excluding tert-OH is 6.